The van der Waals surface area contributed by atoms with Crippen LogP contribution in [0.2, 0.25) is 0 Å². The zero-order valence-electron chi connectivity index (χ0n) is 12.3. The van der Waals surface area contributed by atoms with Crippen molar-refractivity contribution >= 4 is 34.0 Å². The number of hydrogen-bond acceptors (Lipinski definition) is 1. The Morgan fingerprint density at radius 2 is 1.61 bits per heavy atom. The number of nitrogens with zero attached hydrogens (tertiary/aromatic N) is 1. The van der Waals surface area contributed by atoms with Crippen LogP contribution in [0.1, 0.15) is 11.1 Å². The smallest absolute Gasteiger partial charge is 0.131 e. The molecule has 0 spiro atoms. The molecule has 0 aliphatic carbocycles. The predicted molar refractivity (Wildman–Crippen MR) is 101 cm³/mol. The molecule has 0 fully saturated rings. The average Bonchev–Trinajstić information content (AvgIpc) is 2.98. The molecule has 4 rings (SSSR count). The number of halogens is 2. The van der Waals surface area contributed by atoms with Crippen LogP contribution in [-0.2, 0) is 6.42 Å². The second-order valence-corrected chi connectivity index (χ2v) is 6.81. The Hall–Kier alpha value is -2.01. The van der Waals surface area contributed by atoms with Crippen LogP contribution in [0.3, 0.4) is 0 Å². The maximum absolute atomic E-state index is 13.9. The zero-order chi connectivity index (χ0) is 15.8. The van der Waals surface area contributed by atoms with Crippen molar-refractivity contribution in [2.24, 2.45) is 4.99 Å². The van der Waals surface area contributed by atoms with Gasteiger partial charge in [-0.3, -0.25) is 4.99 Å². The molecular weight excluding hydrogens is 400 g/mol. The summed E-state index contributed by atoms with van der Waals surface area (Å²) < 4.78 is 15.1. The molecule has 3 aromatic rings. The Morgan fingerprint density at radius 3 is 2.39 bits per heavy atom. The molecule has 0 aromatic heterocycles. The molecule has 3 aromatic carbocycles. The van der Waals surface area contributed by atoms with E-state index < -0.39 is 0 Å². The van der Waals surface area contributed by atoms with Gasteiger partial charge in [-0.05, 0) is 63.5 Å². The van der Waals surface area contributed by atoms with Gasteiger partial charge in [0.1, 0.15) is 5.82 Å². The van der Waals surface area contributed by atoms with E-state index in [9.17, 15) is 4.39 Å². The van der Waals surface area contributed by atoms with Crippen molar-refractivity contribution in [1.29, 1.82) is 0 Å². The lowest BCUT2D eigenvalue weighted by atomic mass is 10.00. The highest BCUT2D eigenvalue weighted by molar-refractivity contribution is 14.1. The first-order valence-electron chi connectivity index (χ1n) is 7.42. The van der Waals surface area contributed by atoms with Crippen LogP contribution < -0.4 is 0 Å². The first kappa shape index (κ1) is 14.6. The van der Waals surface area contributed by atoms with Gasteiger partial charge >= 0.3 is 0 Å². The van der Waals surface area contributed by atoms with Gasteiger partial charge in [0.2, 0.25) is 0 Å². The highest BCUT2D eigenvalue weighted by atomic mass is 127. The maximum Gasteiger partial charge on any atom is 0.131 e. The fourth-order valence-electron chi connectivity index (χ4n) is 2.87. The molecule has 0 bridgehead atoms. The molecule has 0 amide bonds. The summed E-state index contributed by atoms with van der Waals surface area (Å²) in [5, 5.41) is 0. The molecule has 0 atom stereocenters. The Balaban J connectivity index is 1.64. The van der Waals surface area contributed by atoms with Crippen molar-refractivity contribution in [3.63, 3.8) is 0 Å². The fraction of sp³-hybridized carbons (Fsp3) is 0.0500. The van der Waals surface area contributed by atoms with Gasteiger partial charge in [0.05, 0.1) is 11.4 Å². The fourth-order valence-corrected chi connectivity index (χ4v) is 3.43. The van der Waals surface area contributed by atoms with E-state index in [1.54, 1.807) is 12.1 Å². The molecule has 0 saturated heterocycles. The summed E-state index contributed by atoms with van der Waals surface area (Å²) in [5.74, 6) is -0.194. The van der Waals surface area contributed by atoms with Gasteiger partial charge in [-0.1, -0.05) is 42.5 Å². The van der Waals surface area contributed by atoms with Crippen molar-refractivity contribution in [1.82, 2.24) is 0 Å². The van der Waals surface area contributed by atoms with Crippen LogP contribution in [0.15, 0.2) is 71.7 Å². The normalized spacial score (nSPS) is 12.9. The van der Waals surface area contributed by atoms with Crippen molar-refractivity contribution in [3.8, 4) is 11.1 Å². The third kappa shape index (κ3) is 2.81. The van der Waals surface area contributed by atoms with Gasteiger partial charge in [0.15, 0.2) is 0 Å². The SMILES string of the molecule is Fc1ccccc1-c1ccc(C2=Nc3ccc(I)cc3C2)cc1. The Bertz CT molecular complexity index is 913. The number of fused-ring (bicyclic) bond motifs is 1. The van der Waals surface area contributed by atoms with Gasteiger partial charge in [-0.25, -0.2) is 4.39 Å². The average molecular weight is 413 g/mol. The summed E-state index contributed by atoms with van der Waals surface area (Å²) in [4.78, 5) is 4.72. The topological polar surface area (TPSA) is 12.4 Å². The van der Waals surface area contributed by atoms with Crippen LogP contribution in [0.5, 0.6) is 0 Å². The van der Waals surface area contributed by atoms with E-state index >= 15 is 0 Å². The third-order valence-electron chi connectivity index (χ3n) is 4.06. The Labute approximate surface area is 148 Å². The summed E-state index contributed by atoms with van der Waals surface area (Å²) in [5.41, 5.74) is 6.00. The number of hydrogen-bond donors (Lipinski definition) is 0. The monoisotopic (exact) mass is 413 g/mol. The van der Waals surface area contributed by atoms with E-state index in [1.807, 2.05) is 30.3 Å². The molecule has 1 aliphatic heterocycles. The van der Waals surface area contributed by atoms with Crippen LogP contribution in [0.25, 0.3) is 11.1 Å². The second kappa shape index (κ2) is 5.89. The molecule has 0 N–H and O–H groups in total. The summed E-state index contributed by atoms with van der Waals surface area (Å²) >= 11 is 2.32. The minimum atomic E-state index is -0.194. The first-order chi connectivity index (χ1) is 11.2. The van der Waals surface area contributed by atoms with E-state index in [2.05, 4.69) is 40.8 Å². The molecular formula is C20H13FIN. The minimum absolute atomic E-state index is 0.194. The van der Waals surface area contributed by atoms with E-state index in [0.29, 0.717) is 5.56 Å². The largest absolute Gasteiger partial charge is 0.252 e. The highest BCUT2D eigenvalue weighted by Crippen LogP contribution is 2.31. The van der Waals surface area contributed by atoms with Crippen LogP contribution in [0, 0.1) is 9.39 Å². The lowest BCUT2D eigenvalue weighted by Crippen LogP contribution is -2.00. The van der Waals surface area contributed by atoms with Crippen molar-refractivity contribution in [2.75, 3.05) is 0 Å². The van der Waals surface area contributed by atoms with Gasteiger partial charge in [0.25, 0.3) is 0 Å². The molecule has 1 aliphatic rings. The van der Waals surface area contributed by atoms with Crippen LogP contribution in [-0.4, -0.2) is 5.71 Å². The highest BCUT2D eigenvalue weighted by Gasteiger charge is 2.16. The van der Waals surface area contributed by atoms with Crippen molar-refractivity contribution in [3.05, 3.63) is 87.2 Å². The minimum Gasteiger partial charge on any atom is -0.252 e. The number of rotatable bonds is 2. The number of benzene rings is 3. The van der Waals surface area contributed by atoms with Gasteiger partial charge < -0.3 is 0 Å². The molecule has 23 heavy (non-hydrogen) atoms. The van der Waals surface area contributed by atoms with E-state index in [1.165, 1.54) is 15.2 Å². The first-order valence-corrected chi connectivity index (χ1v) is 8.50. The molecule has 0 radical (unpaired) electrons. The molecule has 1 nitrogen and oxygen atoms in total. The molecule has 1 heterocycles. The predicted octanol–water partition coefficient (Wildman–Crippen LogP) is 5.77. The molecule has 0 saturated carbocycles. The number of aliphatic imine (C=N–C) groups is 1. The lowest BCUT2D eigenvalue weighted by Gasteiger charge is -2.05. The molecule has 3 heteroatoms. The van der Waals surface area contributed by atoms with E-state index in [-0.39, 0.29) is 5.82 Å². The Kier molecular flexibility index (Phi) is 3.73. The van der Waals surface area contributed by atoms with Gasteiger partial charge in [-0.2, -0.15) is 0 Å². The molecule has 0 unspecified atom stereocenters. The van der Waals surface area contributed by atoms with E-state index in [0.717, 1.165) is 28.9 Å². The Morgan fingerprint density at radius 1 is 0.870 bits per heavy atom. The third-order valence-corrected chi connectivity index (χ3v) is 4.73. The zero-order valence-corrected chi connectivity index (χ0v) is 14.4. The van der Waals surface area contributed by atoms with Crippen LogP contribution >= 0.6 is 22.6 Å². The summed E-state index contributed by atoms with van der Waals surface area (Å²) in [7, 11) is 0. The van der Waals surface area contributed by atoms with Crippen molar-refractivity contribution in [2.45, 2.75) is 6.42 Å². The maximum atomic E-state index is 13.9. The standard InChI is InChI=1S/C20H13FIN/c21-18-4-2-1-3-17(18)13-5-7-14(8-6-13)20-12-15-11-16(22)9-10-19(15)23-20/h1-11H,12H2. The molecule has 112 valence electrons. The summed E-state index contributed by atoms with van der Waals surface area (Å²) in [6, 6.07) is 21.1. The van der Waals surface area contributed by atoms with Gasteiger partial charge in [0, 0.05) is 15.6 Å². The van der Waals surface area contributed by atoms with Crippen molar-refractivity contribution < 1.29 is 4.39 Å². The quantitative estimate of drug-likeness (QED) is 0.473. The summed E-state index contributed by atoms with van der Waals surface area (Å²) in [6.07, 6.45) is 0.852. The summed E-state index contributed by atoms with van der Waals surface area (Å²) in [6.45, 7) is 0. The second-order valence-electron chi connectivity index (χ2n) is 5.57. The van der Waals surface area contributed by atoms with Gasteiger partial charge in [-0.15, -0.1) is 0 Å². The lowest BCUT2D eigenvalue weighted by molar-refractivity contribution is 0.631. The van der Waals surface area contributed by atoms with E-state index in [4.69, 9.17) is 4.99 Å². The van der Waals surface area contributed by atoms with Crippen LogP contribution in [0.4, 0.5) is 10.1 Å².